The topological polar surface area (TPSA) is 105 Å². The summed E-state index contributed by atoms with van der Waals surface area (Å²) < 4.78 is 18.7. The molecule has 4 rings (SSSR count). The van der Waals surface area contributed by atoms with Gasteiger partial charge in [-0.3, -0.25) is 19.7 Å². The van der Waals surface area contributed by atoms with E-state index in [0.717, 1.165) is 16.0 Å². The molecule has 1 aliphatic heterocycles. The lowest BCUT2D eigenvalue weighted by Gasteiger charge is -2.27. The number of nitrogens with one attached hydrogen (secondary N) is 2. The molecule has 0 saturated carbocycles. The molecule has 1 fully saturated rings. The number of hydrogen-bond donors (Lipinski definition) is 2. The molecule has 182 valence electrons. The molecule has 1 heterocycles. The Balaban J connectivity index is 1.56. The lowest BCUT2D eigenvalue weighted by atomic mass is 10.0. The smallest absolute Gasteiger partial charge is 0.335 e. The number of imide groups is 2. The Morgan fingerprint density at radius 1 is 1.00 bits per heavy atom. The molecule has 0 radical (unpaired) electrons. The fraction of sp³-hybridized carbons (Fsp3) is 0.111. The predicted octanol–water partition coefficient (Wildman–Crippen LogP) is 4.13. The number of halogens is 1. The van der Waals surface area contributed by atoms with Crippen molar-refractivity contribution in [2.24, 2.45) is 0 Å². The second kappa shape index (κ2) is 10.2. The average molecular weight is 487 g/mol. The fourth-order valence-electron chi connectivity index (χ4n) is 3.73. The third-order valence-electron chi connectivity index (χ3n) is 5.27. The Kier molecular flexibility index (Phi) is 6.91. The van der Waals surface area contributed by atoms with Gasteiger partial charge in [0.05, 0.1) is 5.69 Å². The zero-order valence-electron chi connectivity index (χ0n) is 19.5. The lowest BCUT2D eigenvalue weighted by Crippen LogP contribution is -2.54. The van der Waals surface area contributed by atoms with Crippen LogP contribution in [0.5, 0.6) is 5.75 Å². The molecular formula is C27H22FN3O5. The number of carbonyl (C=O) groups is 4. The van der Waals surface area contributed by atoms with Crippen molar-refractivity contribution in [2.75, 3.05) is 16.8 Å². The van der Waals surface area contributed by atoms with Gasteiger partial charge in [-0.2, -0.15) is 0 Å². The Bertz CT molecular complexity index is 1380. The van der Waals surface area contributed by atoms with E-state index in [9.17, 15) is 23.6 Å². The average Bonchev–Trinajstić information content (AvgIpc) is 2.82. The van der Waals surface area contributed by atoms with Gasteiger partial charge in [0.25, 0.3) is 17.7 Å². The van der Waals surface area contributed by atoms with Crippen molar-refractivity contribution < 1.29 is 28.3 Å². The Labute approximate surface area is 206 Å². The van der Waals surface area contributed by atoms with E-state index >= 15 is 0 Å². The van der Waals surface area contributed by atoms with Gasteiger partial charge in [0, 0.05) is 11.3 Å². The highest BCUT2D eigenvalue weighted by molar-refractivity contribution is 6.39. The summed E-state index contributed by atoms with van der Waals surface area (Å²) in [5.41, 5.74) is 2.55. The molecule has 0 aromatic heterocycles. The normalized spacial score (nSPS) is 14.6. The van der Waals surface area contributed by atoms with Crippen molar-refractivity contribution in [3.05, 3.63) is 94.8 Å². The number of nitrogens with zero attached hydrogens (tertiary/aromatic N) is 1. The Morgan fingerprint density at radius 2 is 1.67 bits per heavy atom. The first-order chi connectivity index (χ1) is 17.2. The third kappa shape index (κ3) is 5.47. The number of rotatable bonds is 6. The fourth-order valence-corrected chi connectivity index (χ4v) is 3.73. The van der Waals surface area contributed by atoms with Gasteiger partial charge < -0.3 is 10.1 Å². The highest BCUT2D eigenvalue weighted by Crippen LogP contribution is 2.26. The highest BCUT2D eigenvalue weighted by Gasteiger charge is 2.37. The Hall–Kier alpha value is -4.79. The molecule has 0 bridgehead atoms. The number of aryl methyl sites for hydroxylation is 2. The summed E-state index contributed by atoms with van der Waals surface area (Å²) in [6.07, 6.45) is 1.31. The first-order valence-electron chi connectivity index (χ1n) is 11.0. The van der Waals surface area contributed by atoms with Crippen LogP contribution in [0.2, 0.25) is 0 Å². The van der Waals surface area contributed by atoms with E-state index < -0.39 is 29.6 Å². The molecule has 1 aliphatic rings. The van der Waals surface area contributed by atoms with Crippen LogP contribution in [0.25, 0.3) is 6.08 Å². The molecular weight excluding hydrogens is 465 g/mol. The molecule has 1 saturated heterocycles. The van der Waals surface area contributed by atoms with E-state index in [2.05, 4.69) is 10.6 Å². The molecule has 0 atom stereocenters. The largest absolute Gasteiger partial charge is 0.483 e. The number of barbiturate groups is 1. The maximum absolute atomic E-state index is 13.2. The van der Waals surface area contributed by atoms with E-state index in [1.54, 1.807) is 36.4 Å². The minimum Gasteiger partial charge on any atom is -0.483 e. The number of ether oxygens (including phenoxy) is 1. The maximum atomic E-state index is 13.2. The second-order valence-electron chi connectivity index (χ2n) is 8.19. The molecule has 5 amide bonds. The minimum absolute atomic E-state index is 0.245. The maximum Gasteiger partial charge on any atom is 0.335 e. The summed E-state index contributed by atoms with van der Waals surface area (Å²) in [6.45, 7) is 3.31. The van der Waals surface area contributed by atoms with Gasteiger partial charge in [0.15, 0.2) is 6.61 Å². The van der Waals surface area contributed by atoms with Crippen LogP contribution in [0, 0.1) is 19.7 Å². The summed E-state index contributed by atoms with van der Waals surface area (Å²) in [6, 6.07) is 16.2. The molecule has 9 heteroatoms. The van der Waals surface area contributed by atoms with E-state index in [-0.39, 0.29) is 17.9 Å². The number of carbonyl (C=O) groups excluding carboxylic acids is 4. The lowest BCUT2D eigenvalue weighted by molar-refractivity contribution is -0.122. The highest BCUT2D eigenvalue weighted by atomic mass is 19.1. The van der Waals surface area contributed by atoms with Gasteiger partial charge >= 0.3 is 6.03 Å². The number of anilines is 2. The summed E-state index contributed by atoms with van der Waals surface area (Å²) >= 11 is 0. The molecule has 0 unspecified atom stereocenters. The third-order valence-corrected chi connectivity index (χ3v) is 5.27. The van der Waals surface area contributed by atoms with Crippen LogP contribution < -0.4 is 20.3 Å². The molecule has 3 aromatic carbocycles. The summed E-state index contributed by atoms with van der Waals surface area (Å²) in [5, 5.41) is 4.78. The van der Waals surface area contributed by atoms with Crippen LogP contribution in [0.15, 0.2) is 72.3 Å². The molecule has 36 heavy (non-hydrogen) atoms. The summed E-state index contributed by atoms with van der Waals surface area (Å²) in [7, 11) is 0. The van der Waals surface area contributed by atoms with Crippen molar-refractivity contribution >= 4 is 41.2 Å². The zero-order valence-corrected chi connectivity index (χ0v) is 19.5. The molecule has 8 nitrogen and oxygen atoms in total. The number of benzene rings is 3. The summed E-state index contributed by atoms with van der Waals surface area (Å²) in [5.74, 6) is -2.28. The van der Waals surface area contributed by atoms with Crippen molar-refractivity contribution in [1.29, 1.82) is 0 Å². The monoisotopic (exact) mass is 487 g/mol. The number of para-hydroxylation sites is 1. The van der Waals surface area contributed by atoms with Gasteiger partial charge in [0.2, 0.25) is 0 Å². The second-order valence-corrected chi connectivity index (χ2v) is 8.19. The van der Waals surface area contributed by atoms with Crippen LogP contribution in [-0.2, 0) is 14.4 Å². The van der Waals surface area contributed by atoms with Crippen molar-refractivity contribution in [1.82, 2.24) is 5.32 Å². The van der Waals surface area contributed by atoms with E-state index in [4.69, 9.17) is 4.74 Å². The first kappa shape index (κ1) is 24.3. The van der Waals surface area contributed by atoms with Crippen LogP contribution in [0.4, 0.5) is 20.6 Å². The van der Waals surface area contributed by atoms with Crippen molar-refractivity contribution in [3.63, 3.8) is 0 Å². The molecule has 0 aliphatic carbocycles. The standard InChI is InChI=1S/C27H22FN3O5/c1-16-11-17(2)13-21(12-16)31-26(34)22(25(33)30-27(31)35)14-18-5-3-4-6-23(18)36-15-24(32)29-20-9-7-19(28)8-10-20/h3-14H,15H2,1-2H3,(H,29,32)(H,30,33,35)/b22-14+. The zero-order chi connectivity index (χ0) is 25.8. The van der Waals surface area contributed by atoms with Crippen molar-refractivity contribution in [2.45, 2.75) is 13.8 Å². The van der Waals surface area contributed by atoms with Crippen LogP contribution in [0.1, 0.15) is 16.7 Å². The summed E-state index contributed by atoms with van der Waals surface area (Å²) in [4.78, 5) is 51.5. The van der Waals surface area contributed by atoms with Gasteiger partial charge in [-0.05, 0) is 73.5 Å². The van der Waals surface area contributed by atoms with E-state index in [1.165, 1.54) is 30.3 Å². The quantitative estimate of drug-likeness (QED) is 0.402. The number of amides is 5. The van der Waals surface area contributed by atoms with E-state index in [0.29, 0.717) is 16.9 Å². The molecule has 0 spiro atoms. The first-order valence-corrected chi connectivity index (χ1v) is 11.0. The van der Waals surface area contributed by atoms with Gasteiger partial charge in [-0.15, -0.1) is 0 Å². The molecule has 3 aromatic rings. The predicted molar refractivity (Wildman–Crippen MR) is 132 cm³/mol. The van der Waals surface area contributed by atoms with Gasteiger partial charge in [-0.25, -0.2) is 14.1 Å². The number of hydrogen-bond acceptors (Lipinski definition) is 5. The van der Waals surface area contributed by atoms with Crippen LogP contribution >= 0.6 is 0 Å². The molecule has 2 N–H and O–H groups in total. The van der Waals surface area contributed by atoms with Gasteiger partial charge in [0.1, 0.15) is 17.1 Å². The SMILES string of the molecule is Cc1cc(C)cc(N2C(=O)NC(=O)/C(=C\c3ccccc3OCC(=O)Nc3ccc(F)cc3)C2=O)c1. The van der Waals surface area contributed by atoms with E-state index in [1.807, 2.05) is 19.9 Å². The van der Waals surface area contributed by atoms with Gasteiger partial charge in [-0.1, -0.05) is 24.3 Å². The Morgan fingerprint density at radius 3 is 2.36 bits per heavy atom. The van der Waals surface area contributed by atoms with Crippen LogP contribution in [-0.4, -0.2) is 30.4 Å². The number of urea groups is 1. The van der Waals surface area contributed by atoms with Crippen LogP contribution in [0.3, 0.4) is 0 Å². The van der Waals surface area contributed by atoms with Crippen molar-refractivity contribution in [3.8, 4) is 5.75 Å². The minimum atomic E-state index is -0.839.